The van der Waals surface area contributed by atoms with E-state index in [1.807, 2.05) is 0 Å². The number of amides is 2. The van der Waals surface area contributed by atoms with Crippen LogP contribution in [-0.4, -0.2) is 34.6 Å². The number of halogens is 2. The van der Waals surface area contributed by atoms with E-state index in [0.29, 0.717) is 33.7 Å². The Bertz CT molecular complexity index is 1490. The van der Waals surface area contributed by atoms with Crippen LogP contribution in [0.25, 0.3) is 6.08 Å². The summed E-state index contributed by atoms with van der Waals surface area (Å²) in [4.78, 5) is 38.5. The Morgan fingerprint density at radius 1 is 1.11 bits per heavy atom. The number of carboxylic acid groups (broad SMARTS) is 1. The van der Waals surface area contributed by atoms with Crippen LogP contribution in [0, 0.1) is 5.82 Å². The third-order valence-corrected chi connectivity index (χ3v) is 6.43. The van der Waals surface area contributed by atoms with E-state index >= 15 is 0 Å². The standard InChI is InChI=1S/C27H20BrFN2O6S/c1-2-36-22-12-17(20(28)13-23(22)37-14-16-6-3-4-9-21(16)29)11-19-24(32)30-27(38)31(25(19)33)18-8-5-7-15(10-18)26(34)35/h3-13H,2,14H2,1H3,(H,34,35)(H,30,32,38). The summed E-state index contributed by atoms with van der Waals surface area (Å²) < 4.78 is 26.0. The lowest BCUT2D eigenvalue weighted by molar-refractivity contribution is -0.122. The van der Waals surface area contributed by atoms with Crippen molar-refractivity contribution in [3.05, 3.63) is 93.2 Å². The van der Waals surface area contributed by atoms with Crippen LogP contribution in [0.15, 0.2) is 70.7 Å². The molecular weight excluding hydrogens is 579 g/mol. The molecule has 8 nitrogen and oxygen atoms in total. The van der Waals surface area contributed by atoms with Crippen molar-refractivity contribution in [3.63, 3.8) is 0 Å². The van der Waals surface area contributed by atoms with Gasteiger partial charge < -0.3 is 14.6 Å². The number of ether oxygens (including phenoxy) is 2. The molecular formula is C27H20BrFN2O6S. The quantitative estimate of drug-likeness (QED) is 0.211. The molecule has 4 rings (SSSR count). The van der Waals surface area contributed by atoms with Gasteiger partial charge in [0.15, 0.2) is 16.6 Å². The van der Waals surface area contributed by atoms with Gasteiger partial charge in [-0.25, -0.2) is 9.18 Å². The molecule has 2 amide bonds. The molecule has 0 saturated carbocycles. The molecule has 194 valence electrons. The van der Waals surface area contributed by atoms with E-state index in [9.17, 15) is 23.9 Å². The first-order chi connectivity index (χ1) is 18.2. The van der Waals surface area contributed by atoms with Gasteiger partial charge in [-0.1, -0.05) is 40.2 Å². The molecule has 0 unspecified atom stereocenters. The number of carbonyl (C=O) groups excluding carboxylic acids is 2. The van der Waals surface area contributed by atoms with Crippen LogP contribution < -0.4 is 19.7 Å². The summed E-state index contributed by atoms with van der Waals surface area (Å²) >= 11 is 8.63. The highest BCUT2D eigenvalue weighted by molar-refractivity contribution is 9.10. The second-order valence-electron chi connectivity index (χ2n) is 7.95. The van der Waals surface area contributed by atoms with Crippen LogP contribution in [0.5, 0.6) is 11.5 Å². The van der Waals surface area contributed by atoms with Crippen molar-refractivity contribution in [2.45, 2.75) is 13.5 Å². The van der Waals surface area contributed by atoms with Gasteiger partial charge in [0.1, 0.15) is 18.0 Å². The Balaban J connectivity index is 1.68. The van der Waals surface area contributed by atoms with E-state index in [1.165, 1.54) is 36.4 Å². The summed E-state index contributed by atoms with van der Waals surface area (Å²) in [7, 11) is 0. The Morgan fingerprint density at radius 3 is 2.55 bits per heavy atom. The van der Waals surface area contributed by atoms with Gasteiger partial charge in [-0.3, -0.25) is 19.8 Å². The van der Waals surface area contributed by atoms with E-state index < -0.39 is 23.6 Å². The van der Waals surface area contributed by atoms with E-state index in [0.717, 1.165) is 4.90 Å². The maximum Gasteiger partial charge on any atom is 0.335 e. The predicted octanol–water partition coefficient (Wildman–Crippen LogP) is 5.10. The molecule has 0 aliphatic carbocycles. The van der Waals surface area contributed by atoms with Crippen LogP contribution in [-0.2, 0) is 16.2 Å². The average Bonchev–Trinajstić information content (AvgIpc) is 2.88. The summed E-state index contributed by atoms with van der Waals surface area (Å²) in [6, 6.07) is 15.1. The van der Waals surface area contributed by atoms with Crippen molar-refractivity contribution in [2.75, 3.05) is 11.5 Å². The van der Waals surface area contributed by atoms with Crippen LogP contribution in [0.4, 0.5) is 10.1 Å². The number of aromatic carboxylic acids is 1. The highest BCUT2D eigenvalue weighted by Gasteiger charge is 2.35. The maximum absolute atomic E-state index is 14.0. The molecule has 1 aliphatic heterocycles. The molecule has 11 heteroatoms. The topological polar surface area (TPSA) is 105 Å². The van der Waals surface area contributed by atoms with Gasteiger partial charge in [-0.2, -0.15) is 0 Å². The minimum absolute atomic E-state index is 0.0394. The van der Waals surface area contributed by atoms with Gasteiger partial charge in [-0.05, 0) is 67.2 Å². The Kier molecular flexibility index (Phi) is 8.18. The molecule has 0 spiro atoms. The molecule has 1 heterocycles. The lowest BCUT2D eigenvalue weighted by Gasteiger charge is -2.29. The number of hydrogen-bond donors (Lipinski definition) is 2. The average molecular weight is 599 g/mol. The Hall–Kier alpha value is -4.09. The maximum atomic E-state index is 14.0. The number of benzene rings is 3. The summed E-state index contributed by atoms with van der Waals surface area (Å²) in [6.07, 6.45) is 1.36. The molecule has 0 radical (unpaired) electrons. The lowest BCUT2D eigenvalue weighted by atomic mass is 10.1. The number of rotatable bonds is 8. The highest BCUT2D eigenvalue weighted by Crippen LogP contribution is 2.36. The molecule has 3 aromatic rings. The fraction of sp³-hybridized carbons (Fsp3) is 0.111. The van der Waals surface area contributed by atoms with E-state index in [4.69, 9.17) is 21.7 Å². The first-order valence-corrected chi connectivity index (χ1v) is 12.5. The third-order valence-electron chi connectivity index (χ3n) is 5.46. The molecule has 0 bridgehead atoms. The number of hydrogen-bond acceptors (Lipinski definition) is 6. The van der Waals surface area contributed by atoms with Crippen LogP contribution in [0.1, 0.15) is 28.4 Å². The smallest absolute Gasteiger partial charge is 0.335 e. The number of nitrogens with one attached hydrogen (secondary N) is 1. The van der Waals surface area contributed by atoms with Crippen molar-refractivity contribution in [2.24, 2.45) is 0 Å². The van der Waals surface area contributed by atoms with E-state index in [1.54, 1.807) is 37.3 Å². The molecule has 0 atom stereocenters. The molecule has 3 aromatic carbocycles. The second kappa shape index (κ2) is 11.5. The zero-order valence-corrected chi connectivity index (χ0v) is 22.3. The summed E-state index contributed by atoms with van der Waals surface area (Å²) in [5, 5.41) is 11.6. The zero-order valence-electron chi connectivity index (χ0n) is 19.9. The number of nitrogens with zero attached hydrogens (tertiary/aromatic N) is 1. The van der Waals surface area contributed by atoms with Gasteiger partial charge in [0, 0.05) is 10.0 Å². The van der Waals surface area contributed by atoms with E-state index in [2.05, 4.69) is 21.2 Å². The first-order valence-electron chi connectivity index (χ1n) is 11.3. The first kappa shape index (κ1) is 27.0. The second-order valence-corrected chi connectivity index (χ2v) is 9.19. The summed E-state index contributed by atoms with van der Waals surface area (Å²) in [6.45, 7) is 2.04. The van der Waals surface area contributed by atoms with Gasteiger partial charge >= 0.3 is 5.97 Å². The summed E-state index contributed by atoms with van der Waals surface area (Å²) in [5.41, 5.74) is 0.705. The lowest BCUT2D eigenvalue weighted by Crippen LogP contribution is -2.54. The molecule has 0 aromatic heterocycles. The highest BCUT2D eigenvalue weighted by atomic mass is 79.9. The fourth-order valence-electron chi connectivity index (χ4n) is 3.64. The largest absolute Gasteiger partial charge is 0.490 e. The van der Waals surface area contributed by atoms with Crippen LogP contribution in [0.2, 0.25) is 0 Å². The van der Waals surface area contributed by atoms with Crippen LogP contribution >= 0.6 is 28.1 Å². The number of carboxylic acids is 1. The van der Waals surface area contributed by atoms with Crippen molar-refractivity contribution >= 4 is 62.8 Å². The molecule has 1 saturated heterocycles. The number of anilines is 1. The summed E-state index contributed by atoms with van der Waals surface area (Å²) in [5.74, 6) is -2.36. The molecule has 1 aliphatic rings. The monoisotopic (exact) mass is 598 g/mol. The SMILES string of the molecule is CCOc1cc(C=C2C(=O)NC(=S)N(c3cccc(C(=O)O)c3)C2=O)c(Br)cc1OCc1ccccc1F. The van der Waals surface area contributed by atoms with Crippen molar-refractivity contribution in [1.29, 1.82) is 0 Å². The molecule has 38 heavy (non-hydrogen) atoms. The number of carbonyl (C=O) groups is 3. The fourth-order valence-corrected chi connectivity index (χ4v) is 4.36. The Morgan fingerprint density at radius 2 is 1.84 bits per heavy atom. The van der Waals surface area contributed by atoms with Crippen molar-refractivity contribution in [1.82, 2.24) is 5.32 Å². The minimum Gasteiger partial charge on any atom is -0.490 e. The van der Waals surface area contributed by atoms with E-state index in [-0.39, 0.29) is 28.5 Å². The minimum atomic E-state index is -1.17. The molecule has 1 fully saturated rings. The number of thiocarbonyl (C=S) groups is 1. The Labute approximate surface area is 230 Å². The van der Waals surface area contributed by atoms with Crippen molar-refractivity contribution < 1.29 is 33.4 Å². The zero-order chi connectivity index (χ0) is 27.4. The van der Waals surface area contributed by atoms with Gasteiger partial charge in [0.05, 0.1) is 17.9 Å². The van der Waals surface area contributed by atoms with Gasteiger partial charge in [0.25, 0.3) is 11.8 Å². The normalized spacial score (nSPS) is 14.4. The van der Waals surface area contributed by atoms with Crippen molar-refractivity contribution in [3.8, 4) is 11.5 Å². The van der Waals surface area contributed by atoms with Crippen LogP contribution in [0.3, 0.4) is 0 Å². The molecule has 2 N–H and O–H groups in total. The third kappa shape index (κ3) is 5.74. The van der Waals surface area contributed by atoms with Gasteiger partial charge in [0.2, 0.25) is 0 Å². The predicted molar refractivity (Wildman–Crippen MR) is 146 cm³/mol. The van der Waals surface area contributed by atoms with Gasteiger partial charge in [-0.15, -0.1) is 0 Å².